The fourth-order valence-electron chi connectivity index (χ4n) is 2.42. The van der Waals surface area contributed by atoms with Gasteiger partial charge in [0.1, 0.15) is 11.5 Å². The summed E-state index contributed by atoms with van der Waals surface area (Å²) in [4.78, 5) is 1.21. The van der Waals surface area contributed by atoms with E-state index in [2.05, 4.69) is 18.4 Å². The number of phenolic OH excluding ortho intramolecular Hbond substituents is 1. The van der Waals surface area contributed by atoms with Crippen LogP contribution in [0.25, 0.3) is 21.9 Å². The number of ether oxygens (including phenoxy) is 1. The monoisotopic (exact) mass is 296 g/mol. The minimum absolute atomic E-state index is 0.312. The number of benzene rings is 3. The molecule has 2 nitrogen and oxygen atoms in total. The van der Waals surface area contributed by atoms with Crippen molar-refractivity contribution < 1.29 is 9.84 Å². The first-order chi connectivity index (χ1) is 10.2. The first-order valence-electron chi connectivity index (χ1n) is 6.67. The number of thioether (sulfide) groups is 1. The lowest BCUT2D eigenvalue weighted by molar-refractivity contribution is 0.415. The molecular weight excluding hydrogens is 280 g/mol. The standard InChI is InChI=1S/C18H16O2S/c1-20-14-6-10-17-13(11-14)5-9-16(18(17)19)12-3-7-15(21-2)8-4-12/h3-11,19H,1-2H3. The molecule has 0 aliphatic carbocycles. The summed E-state index contributed by atoms with van der Waals surface area (Å²) in [6.07, 6.45) is 2.05. The van der Waals surface area contributed by atoms with Crippen LogP contribution in [0.15, 0.2) is 59.5 Å². The third kappa shape index (κ3) is 2.57. The van der Waals surface area contributed by atoms with Crippen LogP contribution in [0.5, 0.6) is 11.5 Å². The molecule has 3 rings (SSSR count). The number of fused-ring (bicyclic) bond motifs is 1. The van der Waals surface area contributed by atoms with Gasteiger partial charge in [0.15, 0.2) is 0 Å². The van der Waals surface area contributed by atoms with Gasteiger partial charge in [-0.3, -0.25) is 0 Å². The van der Waals surface area contributed by atoms with Crippen molar-refractivity contribution >= 4 is 22.5 Å². The van der Waals surface area contributed by atoms with Crippen molar-refractivity contribution in [1.82, 2.24) is 0 Å². The molecule has 0 aromatic heterocycles. The van der Waals surface area contributed by atoms with Gasteiger partial charge >= 0.3 is 0 Å². The third-order valence-corrected chi connectivity index (χ3v) is 4.34. The Labute approximate surface area is 128 Å². The zero-order chi connectivity index (χ0) is 14.8. The lowest BCUT2D eigenvalue weighted by Gasteiger charge is -2.10. The zero-order valence-electron chi connectivity index (χ0n) is 12.0. The predicted molar refractivity (Wildman–Crippen MR) is 89.4 cm³/mol. The molecule has 3 aromatic carbocycles. The van der Waals surface area contributed by atoms with E-state index in [0.717, 1.165) is 27.6 Å². The Hall–Kier alpha value is -2.13. The van der Waals surface area contributed by atoms with E-state index in [1.807, 2.05) is 42.5 Å². The SMILES string of the molecule is COc1ccc2c(O)c(-c3ccc(SC)cc3)ccc2c1. The minimum atomic E-state index is 0.312. The van der Waals surface area contributed by atoms with Crippen LogP contribution in [0.2, 0.25) is 0 Å². The second-order valence-corrected chi connectivity index (χ2v) is 5.66. The van der Waals surface area contributed by atoms with Gasteiger partial charge < -0.3 is 9.84 Å². The molecule has 3 aromatic rings. The molecule has 0 saturated carbocycles. The highest BCUT2D eigenvalue weighted by Crippen LogP contribution is 2.37. The van der Waals surface area contributed by atoms with Crippen LogP contribution in [-0.4, -0.2) is 18.5 Å². The van der Waals surface area contributed by atoms with Crippen LogP contribution in [-0.2, 0) is 0 Å². The highest BCUT2D eigenvalue weighted by atomic mass is 32.2. The van der Waals surface area contributed by atoms with Crippen LogP contribution in [0.1, 0.15) is 0 Å². The van der Waals surface area contributed by atoms with Gasteiger partial charge in [-0.2, -0.15) is 0 Å². The van der Waals surface area contributed by atoms with E-state index in [4.69, 9.17) is 4.74 Å². The van der Waals surface area contributed by atoms with Crippen molar-refractivity contribution in [3.63, 3.8) is 0 Å². The topological polar surface area (TPSA) is 29.5 Å². The second-order valence-electron chi connectivity index (χ2n) is 4.78. The largest absolute Gasteiger partial charge is 0.507 e. The van der Waals surface area contributed by atoms with E-state index < -0.39 is 0 Å². The van der Waals surface area contributed by atoms with Gasteiger partial charge in [0.25, 0.3) is 0 Å². The summed E-state index contributed by atoms with van der Waals surface area (Å²) in [5.41, 5.74) is 1.86. The molecule has 0 atom stereocenters. The van der Waals surface area contributed by atoms with Crippen LogP contribution in [0.4, 0.5) is 0 Å². The summed E-state index contributed by atoms with van der Waals surface area (Å²) in [5, 5.41) is 12.4. The van der Waals surface area contributed by atoms with Gasteiger partial charge in [0.2, 0.25) is 0 Å². The maximum atomic E-state index is 10.5. The fourth-order valence-corrected chi connectivity index (χ4v) is 2.83. The minimum Gasteiger partial charge on any atom is -0.507 e. The molecule has 0 fully saturated rings. The van der Waals surface area contributed by atoms with E-state index in [1.54, 1.807) is 18.9 Å². The lowest BCUT2D eigenvalue weighted by atomic mass is 9.99. The average molecular weight is 296 g/mol. The smallest absolute Gasteiger partial charge is 0.131 e. The quantitative estimate of drug-likeness (QED) is 0.694. The maximum absolute atomic E-state index is 10.5. The molecule has 0 aliphatic heterocycles. The predicted octanol–water partition coefficient (Wildman–Crippen LogP) is 4.94. The first kappa shape index (κ1) is 13.8. The molecule has 0 saturated heterocycles. The van der Waals surface area contributed by atoms with E-state index in [1.165, 1.54) is 4.90 Å². The number of aromatic hydroxyl groups is 1. The number of methoxy groups -OCH3 is 1. The molecule has 1 N–H and O–H groups in total. The summed E-state index contributed by atoms with van der Waals surface area (Å²) < 4.78 is 5.22. The van der Waals surface area contributed by atoms with Gasteiger partial charge in [0.05, 0.1) is 7.11 Å². The van der Waals surface area contributed by atoms with Crippen molar-refractivity contribution in [2.75, 3.05) is 13.4 Å². The molecule has 0 heterocycles. The van der Waals surface area contributed by atoms with Crippen LogP contribution in [0, 0.1) is 0 Å². The van der Waals surface area contributed by atoms with Crippen molar-refractivity contribution in [2.24, 2.45) is 0 Å². The highest BCUT2D eigenvalue weighted by Gasteiger charge is 2.09. The average Bonchev–Trinajstić information content (AvgIpc) is 2.55. The molecule has 21 heavy (non-hydrogen) atoms. The summed E-state index contributed by atoms with van der Waals surface area (Å²) in [6, 6.07) is 17.9. The summed E-state index contributed by atoms with van der Waals surface area (Å²) in [5.74, 6) is 1.10. The maximum Gasteiger partial charge on any atom is 0.131 e. The van der Waals surface area contributed by atoms with E-state index in [0.29, 0.717) is 5.75 Å². The Morgan fingerprint density at radius 2 is 1.71 bits per heavy atom. The first-order valence-corrected chi connectivity index (χ1v) is 7.89. The van der Waals surface area contributed by atoms with Crippen LogP contribution >= 0.6 is 11.8 Å². The third-order valence-electron chi connectivity index (χ3n) is 3.60. The molecule has 0 radical (unpaired) electrons. The van der Waals surface area contributed by atoms with E-state index in [9.17, 15) is 5.11 Å². The summed E-state index contributed by atoms with van der Waals surface area (Å²) in [7, 11) is 1.64. The molecular formula is C18H16O2S. The Kier molecular flexibility index (Phi) is 3.76. The highest BCUT2D eigenvalue weighted by molar-refractivity contribution is 7.98. The van der Waals surface area contributed by atoms with E-state index >= 15 is 0 Å². The van der Waals surface area contributed by atoms with Crippen molar-refractivity contribution in [2.45, 2.75) is 4.90 Å². The Bertz CT molecular complexity index is 779. The normalized spacial score (nSPS) is 10.8. The summed E-state index contributed by atoms with van der Waals surface area (Å²) in [6.45, 7) is 0. The van der Waals surface area contributed by atoms with Crippen LogP contribution < -0.4 is 4.74 Å². The van der Waals surface area contributed by atoms with E-state index in [-0.39, 0.29) is 0 Å². The molecule has 0 spiro atoms. The lowest BCUT2D eigenvalue weighted by Crippen LogP contribution is -1.85. The van der Waals surface area contributed by atoms with Gasteiger partial charge in [-0.1, -0.05) is 24.3 Å². The van der Waals surface area contributed by atoms with Gasteiger partial charge in [-0.05, 0) is 47.5 Å². The molecule has 0 bridgehead atoms. The molecule has 0 unspecified atom stereocenters. The van der Waals surface area contributed by atoms with Crippen molar-refractivity contribution in [3.05, 3.63) is 54.6 Å². The van der Waals surface area contributed by atoms with Crippen molar-refractivity contribution in [3.8, 4) is 22.6 Å². The molecule has 0 aliphatic rings. The Morgan fingerprint density at radius 3 is 2.38 bits per heavy atom. The Morgan fingerprint density at radius 1 is 0.952 bits per heavy atom. The number of hydrogen-bond acceptors (Lipinski definition) is 3. The van der Waals surface area contributed by atoms with Crippen molar-refractivity contribution in [1.29, 1.82) is 0 Å². The molecule has 3 heteroatoms. The van der Waals surface area contributed by atoms with Crippen LogP contribution in [0.3, 0.4) is 0 Å². The van der Waals surface area contributed by atoms with Gasteiger partial charge in [-0.25, -0.2) is 0 Å². The summed E-state index contributed by atoms with van der Waals surface area (Å²) >= 11 is 1.71. The number of hydrogen-bond donors (Lipinski definition) is 1. The zero-order valence-corrected chi connectivity index (χ0v) is 12.8. The Balaban J connectivity index is 2.12. The fraction of sp³-hybridized carbons (Fsp3) is 0.111. The number of rotatable bonds is 3. The second kappa shape index (κ2) is 5.70. The number of phenols is 1. The molecule has 0 amide bonds. The van der Waals surface area contributed by atoms with Gasteiger partial charge in [-0.15, -0.1) is 11.8 Å². The molecule has 106 valence electrons. The van der Waals surface area contributed by atoms with Gasteiger partial charge in [0, 0.05) is 15.8 Å².